The second-order valence-electron chi connectivity index (χ2n) is 9.71. The summed E-state index contributed by atoms with van der Waals surface area (Å²) < 4.78 is 29.2. The maximum absolute atomic E-state index is 14.6. The monoisotopic (exact) mass is 330 g/mol. The van der Waals surface area contributed by atoms with Crippen LogP contribution in [0.1, 0.15) is 54.4 Å². The largest absolute Gasteiger partial charge is 0.303 e. The highest BCUT2D eigenvalue weighted by Crippen LogP contribution is 2.35. The lowest BCUT2D eigenvalue weighted by Gasteiger charge is -2.46. The van der Waals surface area contributed by atoms with Gasteiger partial charge in [0, 0.05) is 31.1 Å². The van der Waals surface area contributed by atoms with E-state index in [1.807, 2.05) is 25.7 Å². The normalized spacial score (nSPS) is 33.1. The van der Waals surface area contributed by atoms with E-state index in [0.717, 1.165) is 31.8 Å². The van der Waals surface area contributed by atoms with Gasteiger partial charge in [-0.15, -0.1) is 0 Å². The fraction of sp³-hybridized carbons (Fsp3) is 1.00. The molecule has 0 aliphatic carbocycles. The van der Waals surface area contributed by atoms with Crippen molar-refractivity contribution in [2.45, 2.75) is 72.3 Å². The van der Waals surface area contributed by atoms with Gasteiger partial charge in [0.05, 0.1) is 0 Å². The third-order valence-corrected chi connectivity index (χ3v) is 5.95. The van der Waals surface area contributed by atoms with E-state index in [1.165, 1.54) is 0 Å². The van der Waals surface area contributed by atoms with Gasteiger partial charge in [-0.25, -0.2) is 8.78 Å². The van der Waals surface area contributed by atoms with Crippen LogP contribution in [0, 0.1) is 17.3 Å². The summed E-state index contributed by atoms with van der Waals surface area (Å²) in [6.45, 7) is 16.3. The molecule has 2 fully saturated rings. The summed E-state index contributed by atoms with van der Waals surface area (Å²) in [6, 6.07) is 0. The molecule has 2 rings (SSSR count). The minimum atomic E-state index is -1.06. The summed E-state index contributed by atoms with van der Waals surface area (Å²) in [6.07, 6.45) is 0.188. The first-order valence-corrected chi connectivity index (χ1v) is 9.24. The standard InChI is InChI=1S/C19H36F2N2/c1-18(2,3)14-7-9-22(10-8-14)11-15-16(20)12-23(13-17(15)21)19(4,5)6/h14-17H,7-13H2,1-6H3. The summed E-state index contributed by atoms with van der Waals surface area (Å²) in [5.41, 5.74) is 0.181. The Morgan fingerprint density at radius 2 is 1.35 bits per heavy atom. The van der Waals surface area contributed by atoms with Crippen LogP contribution < -0.4 is 0 Å². The number of hydrogen-bond donors (Lipinski definition) is 0. The van der Waals surface area contributed by atoms with Crippen LogP contribution in [0.15, 0.2) is 0 Å². The van der Waals surface area contributed by atoms with Crippen LogP contribution in [0.4, 0.5) is 8.78 Å². The maximum Gasteiger partial charge on any atom is 0.120 e. The van der Waals surface area contributed by atoms with Gasteiger partial charge < -0.3 is 4.90 Å². The fourth-order valence-electron chi connectivity index (χ4n) is 4.05. The van der Waals surface area contributed by atoms with E-state index < -0.39 is 18.3 Å². The Bertz CT molecular complexity index is 366. The van der Waals surface area contributed by atoms with Gasteiger partial charge in [-0.05, 0) is 58.0 Å². The predicted octanol–water partition coefficient (Wildman–Crippen LogP) is 4.15. The van der Waals surface area contributed by atoms with E-state index in [0.29, 0.717) is 25.0 Å². The smallest absolute Gasteiger partial charge is 0.120 e. The van der Waals surface area contributed by atoms with E-state index in [1.54, 1.807) is 0 Å². The zero-order valence-electron chi connectivity index (χ0n) is 15.9. The molecule has 0 aromatic carbocycles. The highest BCUT2D eigenvalue weighted by molar-refractivity contribution is 4.94. The maximum atomic E-state index is 14.6. The summed E-state index contributed by atoms with van der Waals surface area (Å²) >= 11 is 0. The molecule has 4 heteroatoms. The Hall–Kier alpha value is -0.220. The number of rotatable bonds is 2. The van der Waals surface area contributed by atoms with Gasteiger partial charge in [0.2, 0.25) is 0 Å². The Kier molecular flexibility index (Phi) is 5.78. The van der Waals surface area contributed by atoms with Crippen molar-refractivity contribution >= 4 is 0 Å². The van der Waals surface area contributed by atoms with Crippen molar-refractivity contribution in [2.24, 2.45) is 17.3 Å². The molecule has 0 radical (unpaired) electrons. The Morgan fingerprint density at radius 3 is 1.74 bits per heavy atom. The third-order valence-electron chi connectivity index (χ3n) is 5.95. The quantitative estimate of drug-likeness (QED) is 0.750. The molecular weight excluding hydrogens is 294 g/mol. The topological polar surface area (TPSA) is 6.48 Å². The molecule has 2 unspecified atom stereocenters. The minimum Gasteiger partial charge on any atom is -0.303 e. The molecule has 2 aliphatic rings. The lowest BCUT2D eigenvalue weighted by molar-refractivity contribution is -0.0388. The van der Waals surface area contributed by atoms with Crippen LogP contribution in [-0.4, -0.2) is 60.4 Å². The first-order valence-electron chi connectivity index (χ1n) is 9.24. The fourth-order valence-corrected chi connectivity index (χ4v) is 4.05. The molecule has 2 aliphatic heterocycles. The molecule has 0 bridgehead atoms. The zero-order valence-corrected chi connectivity index (χ0v) is 15.9. The van der Waals surface area contributed by atoms with Gasteiger partial charge in [0.15, 0.2) is 0 Å². The predicted molar refractivity (Wildman–Crippen MR) is 93.2 cm³/mol. The van der Waals surface area contributed by atoms with Crippen LogP contribution in [0.5, 0.6) is 0 Å². The van der Waals surface area contributed by atoms with Gasteiger partial charge in [0.1, 0.15) is 12.3 Å². The molecule has 0 aromatic rings. The van der Waals surface area contributed by atoms with Crippen molar-refractivity contribution in [1.82, 2.24) is 9.80 Å². The number of likely N-dealkylation sites (tertiary alicyclic amines) is 2. The van der Waals surface area contributed by atoms with Crippen LogP contribution in [0.2, 0.25) is 0 Å². The molecule has 2 atom stereocenters. The second-order valence-corrected chi connectivity index (χ2v) is 9.71. The Balaban J connectivity index is 1.87. The average Bonchev–Trinajstić information content (AvgIpc) is 2.41. The van der Waals surface area contributed by atoms with Gasteiger partial charge in [-0.2, -0.15) is 0 Å². The number of halogens is 2. The molecule has 0 aromatic heterocycles. The first-order chi connectivity index (χ1) is 10.5. The SMILES string of the molecule is CC(C)(C)C1CCN(CC2C(F)CN(C(C)(C)C)CC2F)CC1. The molecule has 0 spiro atoms. The van der Waals surface area contributed by atoms with Crippen LogP contribution in [0.3, 0.4) is 0 Å². The summed E-state index contributed by atoms with van der Waals surface area (Å²) in [7, 11) is 0. The van der Waals surface area contributed by atoms with E-state index in [4.69, 9.17) is 0 Å². The van der Waals surface area contributed by atoms with Crippen molar-refractivity contribution in [3.63, 3.8) is 0 Å². The van der Waals surface area contributed by atoms with Crippen molar-refractivity contribution in [3.05, 3.63) is 0 Å². The summed E-state index contributed by atoms with van der Waals surface area (Å²) in [4.78, 5) is 4.24. The van der Waals surface area contributed by atoms with E-state index in [2.05, 4.69) is 25.7 Å². The average molecular weight is 331 g/mol. The highest BCUT2D eigenvalue weighted by atomic mass is 19.1. The molecule has 0 N–H and O–H groups in total. The minimum absolute atomic E-state index is 0.162. The van der Waals surface area contributed by atoms with Gasteiger partial charge in [-0.1, -0.05) is 20.8 Å². The Morgan fingerprint density at radius 1 is 0.870 bits per heavy atom. The van der Waals surface area contributed by atoms with Crippen molar-refractivity contribution in [2.75, 3.05) is 32.7 Å². The van der Waals surface area contributed by atoms with Crippen molar-refractivity contribution < 1.29 is 8.78 Å². The first kappa shape index (κ1) is 19.1. The summed E-state index contributed by atoms with van der Waals surface area (Å²) in [5.74, 6) is 0.267. The van der Waals surface area contributed by atoms with E-state index in [9.17, 15) is 8.78 Å². The summed E-state index contributed by atoms with van der Waals surface area (Å²) in [5, 5.41) is 0. The lowest BCUT2D eigenvalue weighted by Crippen LogP contribution is -2.58. The lowest BCUT2D eigenvalue weighted by atomic mass is 9.75. The number of piperidine rings is 2. The van der Waals surface area contributed by atoms with Crippen LogP contribution >= 0.6 is 0 Å². The molecule has 136 valence electrons. The molecule has 0 saturated carbocycles. The molecule has 0 amide bonds. The molecule has 2 saturated heterocycles. The van der Waals surface area contributed by atoms with Gasteiger partial charge >= 0.3 is 0 Å². The number of hydrogen-bond acceptors (Lipinski definition) is 2. The van der Waals surface area contributed by atoms with Crippen LogP contribution in [0.25, 0.3) is 0 Å². The van der Waals surface area contributed by atoms with E-state index in [-0.39, 0.29) is 5.54 Å². The van der Waals surface area contributed by atoms with Crippen molar-refractivity contribution in [1.29, 1.82) is 0 Å². The number of nitrogens with zero attached hydrogens (tertiary/aromatic N) is 2. The third kappa shape index (κ3) is 4.88. The zero-order chi connectivity index (χ0) is 17.4. The van der Waals surface area contributed by atoms with Crippen LogP contribution in [-0.2, 0) is 0 Å². The van der Waals surface area contributed by atoms with Gasteiger partial charge in [-0.3, -0.25) is 4.90 Å². The molecule has 2 nitrogen and oxygen atoms in total. The molecular formula is C19H36F2N2. The van der Waals surface area contributed by atoms with E-state index >= 15 is 0 Å². The molecule has 23 heavy (non-hydrogen) atoms. The number of alkyl halides is 2. The second kappa shape index (κ2) is 6.95. The highest BCUT2D eigenvalue weighted by Gasteiger charge is 2.42. The van der Waals surface area contributed by atoms with Gasteiger partial charge in [0.25, 0.3) is 0 Å². The van der Waals surface area contributed by atoms with Crippen molar-refractivity contribution in [3.8, 4) is 0 Å². The Labute approximate surface area is 141 Å². The molecule has 2 heterocycles.